The second-order valence-electron chi connectivity index (χ2n) is 5.46. The number of hydrogen-bond donors (Lipinski definition) is 0. The number of rotatable bonds is 5. The van der Waals surface area contributed by atoms with E-state index in [0.717, 1.165) is 5.56 Å². The van der Waals surface area contributed by atoms with Gasteiger partial charge in [-0.05, 0) is 24.1 Å². The van der Waals surface area contributed by atoms with Crippen LogP contribution in [-0.4, -0.2) is 28.3 Å². The van der Waals surface area contributed by atoms with Gasteiger partial charge in [0.25, 0.3) is 0 Å². The summed E-state index contributed by atoms with van der Waals surface area (Å²) in [5.74, 6) is -0.543. The third kappa shape index (κ3) is 3.77. The average molecular weight is 294 g/mol. The molecule has 2 atom stereocenters. The fourth-order valence-electron chi connectivity index (χ4n) is 2.86. The van der Waals surface area contributed by atoms with E-state index in [0.29, 0.717) is 25.9 Å². The number of nitro groups is 1. The molecule has 0 bridgehead atoms. The number of hydrogen-bond acceptors (Lipinski definition) is 3. The molecule has 5 nitrogen and oxygen atoms in total. The number of carbonyl (C=O) groups excluding carboxylic acids is 1. The van der Waals surface area contributed by atoms with Crippen molar-refractivity contribution < 1.29 is 14.1 Å². The standard InChI is InChI=1S/C15H19FN2O3/c1-2-14(18(20)21)12-7-8-17(15(19)9-12)10-11-3-5-13(16)6-4-11/h3-6,12,14H,2,7-10H2,1H3. The molecule has 0 aromatic heterocycles. The van der Waals surface area contributed by atoms with E-state index in [1.807, 2.05) is 0 Å². The fourth-order valence-corrected chi connectivity index (χ4v) is 2.86. The lowest BCUT2D eigenvalue weighted by molar-refractivity contribution is -0.533. The Morgan fingerprint density at radius 2 is 2.10 bits per heavy atom. The minimum Gasteiger partial charge on any atom is -0.338 e. The summed E-state index contributed by atoms with van der Waals surface area (Å²) in [6.45, 7) is 2.73. The smallest absolute Gasteiger partial charge is 0.223 e. The lowest BCUT2D eigenvalue weighted by Crippen LogP contribution is -2.43. The molecule has 1 amide bonds. The summed E-state index contributed by atoms with van der Waals surface area (Å²) in [7, 11) is 0. The molecule has 114 valence electrons. The van der Waals surface area contributed by atoms with Gasteiger partial charge in [-0.25, -0.2) is 4.39 Å². The van der Waals surface area contributed by atoms with E-state index in [1.165, 1.54) is 12.1 Å². The highest BCUT2D eigenvalue weighted by Gasteiger charge is 2.36. The maximum Gasteiger partial charge on any atom is 0.223 e. The molecule has 1 aromatic carbocycles. The number of piperidine rings is 1. The fraction of sp³-hybridized carbons (Fsp3) is 0.533. The predicted octanol–water partition coefficient (Wildman–Crippen LogP) is 2.62. The third-order valence-electron chi connectivity index (χ3n) is 4.08. The Bertz CT molecular complexity index is 518. The molecule has 0 aliphatic carbocycles. The van der Waals surface area contributed by atoms with Gasteiger partial charge in [-0.1, -0.05) is 19.1 Å². The van der Waals surface area contributed by atoms with Crippen molar-refractivity contribution in [3.05, 3.63) is 45.8 Å². The molecule has 1 aliphatic heterocycles. The van der Waals surface area contributed by atoms with Crippen LogP contribution in [0, 0.1) is 21.8 Å². The molecule has 0 spiro atoms. The minimum atomic E-state index is -0.637. The Hall–Kier alpha value is -1.98. The summed E-state index contributed by atoms with van der Waals surface area (Å²) >= 11 is 0. The predicted molar refractivity (Wildman–Crippen MR) is 75.6 cm³/mol. The van der Waals surface area contributed by atoms with E-state index in [2.05, 4.69) is 0 Å². The van der Waals surface area contributed by atoms with Crippen LogP contribution in [0.5, 0.6) is 0 Å². The van der Waals surface area contributed by atoms with Crippen LogP contribution >= 0.6 is 0 Å². The van der Waals surface area contributed by atoms with E-state index >= 15 is 0 Å². The van der Waals surface area contributed by atoms with E-state index in [9.17, 15) is 19.3 Å². The van der Waals surface area contributed by atoms with Crippen molar-refractivity contribution in [2.45, 2.75) is 38.8 Å². The molecule has 0 radical (unpaired) electrons. The molecule has 1 aromatic rings. The molecule has 1 aliphatic rings. The van der Waals surface area contributed by atoms with Gasteiger partial charge >= 0.3 is 0 Å². The van der Waals surface area contributed by atoms with E-state index in [1.54, 1.807) is 24.0 Å². The first-order valence-electron chi connectivity index (χ1n) is 7.17. The lowest BCUT2D eigenvalue weighted by atomic mass is 9.88. The molecule has 1 saturated heterocycles. The van der Waals surface area contributed by atoms with Gasteiger partial charge in [-0.2, -0.15) is 0 Å². The van der Waals surface area contributed by atoms with Crippen molar-refractivity contribution in [1.29, 1.82) is 0 Å². The van der Waals surface area contributed by atoms with Gasteiger partial charge < -0.3 is 4.90 Å². The first-order chi connectivity index (χ1) is 10.0. The SMILES string of the molecule is CCC(C1CCN(Cc2ccc(F)cc2)C(=O)C1)[N+](=O)[O-]. The Balaban J connectivity index is 1.96. The number of carbonyl (C=O) groups is 1. The summed E-state index contributed by atoms with van der Waals surface area (Å²) in [6.07, 6.45) is 1.32. The zero-order valence-electron chi connectivity index (χ0n) is 12.0. The Kier molecular flexibility index (Phi) is 4.88. The molecule has 0 saturated carbocycles. The van der Waals surface area contributed by atoms with Crippen LogP contribution < -0.4 is 0 Å². The van der Waals surface area contributed by atoms with Crippen LogP contribution in [0.2, 0.25) is 0 Å². The van der Waals surface area contributed by atoms with E-state index in [4.69, 9.17) is 0 Å². The topological polar surface area (TPSA) is 63.5 Å². The average Bonchev–Trinajstić information content (AvgIpc) is 2.44. The van der Waals surface area contributed by atoms with E-state index in [-0.39, 0.29) is 29.0 Å². The first-order valence-corrected chi connectivity index (χ1v) is 7.17. The van der Waals surface area contributed by atoms with Gasteiger partial charge in [0.2, 0.25) is 11.9 Å². The molecular formula is C15H19FN2O3. The number of nitrogens with zero attached hydrogens (tertiary/aromatic N) is 2. The molecule has 1 heterocycles. The van der Waals surface area contributed by atoms with Crippen molar-refractivity contribution >= 4 is 5.91 Å². The largest absolute Gasteiger partial charge is 0.338 e. The van der Waals surface area contributed by atoms with Crippen molar-refractivity contribution in [2.24, 2.45) is 5.92 Å². The highest BCUT2D eigenvalue weighted by Crippen LogP contribution is 2.26. The highest BCUT2D eigenvalue weighted by atomic mass is 19.1. The maximum atomic E-state index is 12.9. The van der Waals surface area contributed by atoms with Gasteiger partial charge in [0.15, 0.2) is 0 Å². The Morgan fingerprint density at radius 3 is 2.62 bits per heavy atom. The molecular weight excluding hydrogens is 275 g/mol. The van der Waals surface area contributed by atoms with Gasteiger partial charge in [0, 0.05) is 36.8 Å². The molecule has 6 heteroatoms. The normalized spacial score (nSPS) is 20.4. The maximum absolute atomic E-state index is 12.9. The van der Waals surface area contributed by atoms with Crippen LogP contribution in [-0.2, 0) is 11.3 Å². The molecule has 1 fully saturated rings. The minimum absolute atomic E-state index is 0.0594. The second kappa shape index (κ2) is 6.65. The van der Waals surface area contributed by atoms with Gasteiger partial charge in [0.05, 0.1) is 0 Å². The lowest BCUT2D eigenvalue weighted by Gasteiger charge is -2.32. The highest BCUT2D eigenvalue weighted by molar-refractivity contribution is 5.77. The number of amides is 1. The van der Waals surface area contributed by atoms with Crippen molar-refractivity contribution in [2.75, 3.05) is 6.54 Å². The summed E-state index contributed by atoms with van der Waals surface area (Å²) < 4.78 is 12.9. The van der Waals surface area contributed by atoms with Crippen LogP contribution in [0.4, 0.5) is 4.39 Å². The van der Waals surface area contributed by atoms with Gasteiger partial charge in [-0.15, -0.1) is 0 Å². The first kappa shape index (κ1) is 15.4. The number of halogens is 1. The van der Waals surface area contributed by atoms with E-state index < -0.39 is 6.04 Å². The zero-order valence-corrected chi connectivity index (χ0v) is 12.0. The van der Waals surface area contributed by atoms with Crippen molar-refractivity contribution in [3.8, 4) is 0 Å². The number of benzene rings is 1. The number of likely N-dealkylation sites (tertiary alicyclic amines) is 1. The molecule has 21 heavy (non-hydrogen) atoms. The van der Waals surface area contributed by atoms with Crippen LogP contribution in [0.25, 0.3) is 0 Å². The second-order valence-corrected chi connectivity index (χ2v) is 5.46. The van der Waals surface area contributed by atoms with Crippen LogP contribution in [0.3, 0.4) is 0 Å². The van der Waals surface area contributed by atoms with Gasteiger partial charge in [0.1, 0.15) is 5.82 Å². The molecule has 0 N–H and O–H groups in total. The van der Waals surface area contributed by atoms with Crippen molar-refractivity contribution in [3.63, 3.8) is 0 Å². The molecule has 2 rings (SSSR count). The summed E-state index contributed by atoms with van der Waals surface area (Å²) in [5, 5.41) is 11.0. The van der Waals surface area contributed by atoms with Crippen LogP contribution in [0.1, 0.15) is 31.7 Å². The van der Waals surface area contributed by atoms with Crippen LogP contribution in [0.15, 0.2) is 24.3 Å². The van der Waals surface area contributed by atoms with Crippen molar-refractivity contribution in [1.82, 2.24) is 4.90 Å². The Labute approximate surface area is 122 Å². The summed E-state index contributed by atoms with van der Waals surface area (Å²) in [5.41, 5.74) is 0.865. The monoisotopic (exact) mass is 294 g/mol. The zero-order chi connectivity index (χ0) is 15.4. The Morgan fingerprint density at radius 1 is 1.43 bits per heavy atom. The van der Waals surface area contributed by atoms with Gasteiger partial charge in [-0.3, -0.25) is 14.9 Å². The quantitative estimate of drug-likeness (QED) is 0.619. The molecule has 2 unspecified atom stereocenters. The third-order valence-corrected chi connectivity index (χ3v) is 4.08. The summed E-state index contributed by atoms with van der Waals surface area (Å²) in [6, 6.07) is 5.40. The summed E-state index contributed by atoms with van der Waals surface area (Å²) in [4.78, 5) is 24.6.